The lowest BCUT2D eigenvalue weighted by Gasteiger charge is -2.42. The summed E-state index contributed by atoms with van der Waals surface area (Å²) in [6, 6.07) is 4.06. The van der Waals surface area contributed by atoms with E-state index in [1.54, 1.807) is 0 Å². The molecule has 0 saturated carbocycles. The van der Waals surface area contributed by atoms with E-state index in [1.165, 1.54) is 25.2 Å². The monoisotopic (exact) mass is 330 g/mol. The predicted octanol–water partition coefficient (Wildman–Crippen LogP) is 1.70. The fourth-order valence-electron chi connectivity index (χ4n) is 2.66. The molecule has 3 N–H and O–H groups in total. The summed E-state index contributed by atoms with van der Waals surface area (Å²) in [4.78, 5) is 17.5. The molecule has 0 bridgehead atoms. The van der Waals surface area contributed by atoms with Crippen LogP contribution in [-0.2, 0) is 10.3 Å². The van der Waals surface area contributed by atoms with Gasteiger partial charge in [0, 0.05) is 20.1 Å². The summed E-state index contributed by atoms with van der Waals surface area (Å²) < 4.78 is 41.8. The lowest BCUT2D eigenvalue weighted by Crippen LogP contribution is -2.67. The second kappa shape index (κ2) is 4.82. The molecule has 1 aliphatic heterocycles. The zero-order valence-electron chi connectivity index (χ0n) is 11.6. The van der Waals surface area contributed by atoms with E-state index in [0.29, 0.717) is 10.2 Å². The normalized spacial score (nSPS) is 23.3. The van der Waals surface area contributed by atoms with Gasteiger partial charge >= 0.3 is 6.18 Å². The average Bonchev–Trinajstić information content (AvgIpc) is 2.79. The third kappa shape index (κ3) is 2.03. The van der Waals surface area contributed by atoms with Crippen LogP contribution in [0, 0.1) is 0 Å². The molecular formula is C13H13F3N4OS. The van der Waals surface area contributed by atoms with Crippen LogP contribution in [0.2, 0.25) is 0 Å². The van der Waals surface area contributed by atoms with Crippen molar-refractivity contribution in [2.45, 2.75) is 11.7 Å². The molecule has 2 heterocycles. The summed E-state index contributed by atoms with van der Waals surface area (Å²) in [6.45, 7) is 0.289. The molecule has 1 atom stereocenters. The summed E-state index contributed by atoms with van der Waals surface area (Å²) >= 11 is 1.09. The number of piperazine rings is 1. The average molecular weight is 330 g/mol. The Hall–Kier alpha value is -1.87. The number of hydrogen-bond acceptors (Lipinski definition) is 5. The Morgan fingerprint density at radius 1 is 1.45 bits per heavy atom. The van der Waals surface area contributed by atoms with E-state index in [9.17, 15) is 18.0 Å². The van der Waals surface area contributed by atoms with Gasteiger partial charge in [-0.15, -0.1) is 0 Å². The number of halogens is 3. The van der Waals surface area contributed by atoms with Crippen LogP contribution in [0.25, 0.3) is 10.2 Å². The van der Waals surface area contributed by atoms with Crippen molar-refractivity contribution in [2.24, 2.45) is 0 Å². The van der Waals surface area contributed by atoms with Crippen molar-refractivity contribution in [2.75, 3.05) is 25.9 Å². The molecule has 5 nitrogen and oxygen atoms in total. The standard InChI is InChI=1S/C13H13F3N4OS/c1-20-5-4-18-12(10(20)21,13(14,15)16)7-2-3-8-9(6-7)22-11(17)19-8/h2-3,6,18H,4-5H2,1H3,(H2,17,19). The number of carbonyl (C=O) groups is 1. The highest BCUT2D eigenvalue weighted by Gasteiger charge is 2.63. The van der Waals surface area contributed by atoms with Crippen molar-refractivity contribution in [3.05, 3.63) is 23.8 Å². The van der Waals surface area contributed by atoms with Crippen molar-refractivity contribution in [1.82, 2.24) is 15.2 Å². The first-order valence-corrected chi connectivity index (χ1v) is 7.31. The van der Waals surface area contributed by atoms with Gasteiger partial charge < -0.3 is 10.6 Å². The molecular weight excluding hydrogens is 317 g/mol. The molecule has 9 heteroatoms. The maximum absolute atomic E-state index is 13.8. The zero-order chi connectivity index (χ0) is 16.1. The van der Waals surface area contributed by atoms with Crippen LogP contribution in [-0.4, -0.2) is 42.1 Å². The molecule has 0 radical (unpaired) electrons. The fraction of sp³-hybridized carbons (Fsp3) is 0.385. The highest BCUT2D eigenvalue weighted by molar-refractivity contribution is 7.22. The zero-order valence-corrected chi connectivity index (χ0v) is 12.4. The van der Waals surface area contributed by atoms with Crippen molar-refractivity contribution >= 4 is 32.6 Å². The first kappa shape index (κ1) is 15.0. The molecule has 1 aromatic carbocycles. The lowest BCUT2D eigenvalue weighted by molar-refractivity contribution is -0.213. The number of nitrogens with two attached hydrogens (primary N) is 1. The van der Waals surface area contributed by atoms with Gasteiger partial charge in [0.2, 0.25) is 5.54 Å². The number of rotatable bonds is 1. The number of hydrogen-bond donors (Lipinski definition) is 2. The van der Waals surface area contributed by atoms with Gasteiger partial charge in [-0.25, -0.2) is 4.98 Å². The van der Waals surface area contributed by atoms with E-state index in [1.807, 2.05) is 0 Å². The van der Waals surface area contributed by atoms with Crippen LogP contribution >= 0.6 is 11.3 Å². The number of likely N-dealkylation sites (N-methyl/N-ethyl adjacent to an activating group) is 1. The summed E-state index contributed by atoms with van der Waals surface area (Å²) in [7, 11) is 1.37. The number of anilines is 1. The summed E-state index contributed by atoms with van der Waals surface area (Å²) in [5.41, 5.74) is 3.22. The number of aromatic nitrogens is 1. The Morgan fingerprint density at radius 2 is 2.18 bits per heavy atom. The Kier molecular flexibility index (Phi) is 3.29. The smallest absolute Gasteiger partial charge is 0.375 e. The topological polar surface area (TPSA) is 71.2 Å². The van der Waals surface area contributed by atoms with E-state index in [4.69, 9.17) is 5.73 Å². The maximum atomic E-state index is 13.8. The molecule has 1 aliphatic rings. The number of nitrogen functional groups attached to an aromatic ring is 1. The number of nitrogens with one attached hydrogen (secondary N) is 1. The van der Waals surface area contributed by atoms with E-state index in [-0.39, 0.29) is 23.8 Å². The summed E-state index contributed by atoms with van der Waals surface area (Å²) in [5.74, 6) is -1.01. The van der Waals surface area contributed by atoms with Crippen molar-refractivity contribution in [1.29, 1.82) is 0 Å². The number of thiazole rings is 1. The van der Waals surface area contributed by atoms with Gasteiger partial charge in [-0.1, -0.05) is 17.4 Å². The molecule has 0 aliphatic carbocycles. The number of alkyl halides is 3. The molecule has 1 saturated heterocycles. The Labute approximate surface area is 127 Å². The third-order valence-electron chi connectivity index (χ3n) is 3.77. The number of nitrogens with zero attached hydrogens (tertiary/aromatic N) is 2. The van der Waals surface area contributed by atoms with E-state index < -0.39 is 17.6 Å². The maximum Gasteiger partial charge on any atom is 0.419 e. The minimum atomic E-state index is -4.76. The van der Waals surface area contributed by atoms with Crippen molar-refractivity contribution < 1.29 is 18.0 Å². The van der Waals surface area contributed by atoms with Gasteiger partial charge in [0.05, 0.1) is 10.2 Å². The van der Waals surface area contributed by atoms with Gasteiger partial charge in [-0.05, 0) is 17.7 Å². The van der Waals surface area contributed by atoms with Crippen LogP contribution in [0.4, 0.5) is 18.3 Å². The summed E-state index contributed by atoms with van der Waals surface area (Å²) in [6.07, 6.45) is -4.76. The lowest BCUT2D eigenvalue weighted by atomic mass is 9.86. The number of benzene rings is 1. The van der Waals surface area contributed by atoms with Gasteiger partial charge in [-0.2, -0.15) is 13.2 Å². The van der Waals surface area contributed by atoms with E-state index >= 15 is 0 Å². The Bertz CT molecular complexity index is 744. The molecule has 1 aromatic heterocycles. The van der Waals surface area contributed by atoms with Gasteiger partial charge in [0.25, 0.3) is 5.91 Å². The molecule has 2 aromatic rings. The van der Waals surface area contributed by atoms with E-state index in [2.05, 4.69) is 10.3 Å². The number of carbonyl (C=O) groups excluding carboxylic acids is 1. The third-order valence-corrected chi connectivity index (χ3v) is 4.62. The van der Waals surface area contributed by atoms with Crippen LogP contribution in [0.1, 0.15) is 5.56 Å². The highest BCUT2D eigenvalue weighted by Crippen LogP contribution is 2.42. The molecule has 1 unspecified atom stereocenters. The van der Waals surface area contributed by atoms with E-state index in [0.717, 1.165) is 16.2 Å². The first-order chi connectivity index (χ1) is 10.3. The fourth-order valence-corrected chi connectivity index (χ4v) is 3.43. The Morgan fingerprint density at radius 3 is 2.86 bits per heavy atom. The quantitative estimate of drug-likeness (QED) is 0.835. The minimum absolute atomic E-state index is 0.0601. The highest BCUT2D eigenvalue weighted by atomic mass is 32.1. The van der Waals surface area contributed by atoms with Gasteiger partial charge in [0.1, 0.15) is 0 Å². The second-order valence-electron chi connectivity index (χ2n) is 5.14. The molecule has 22 heavy (non-hydrogen) atoms. The van der Waals surface area contributed by atoms with Crippen LogP contribution in [0.15, 0.2) is 18.2 Å². The van der Waals surface area contributed by atoms with Crippen LogP contribution in [0.5, 0.6) is 0 Å². The molecule has 1 amide bonds. The molecule has 1 fully saturated rings. The number of amides is 1. The Balaban J connectivity index is 2.22. The predicted molar refractivity (Wildman–Crippen MR) is 77.4 cm³/mol. The minimum Gasteiger partial charge on any atom is -0.375 e. The number of fused-ring (bicyclic) bond motifs is 1. The van der Waals surface area contributed by atoms with Crippen molar-refractivity contribution in [3.63, 3.8) is 0 Å². The summed E-state index contributed by atoms with van der Waals surface area (Å²) in [5, 5.41) is 2.65. The molecule has 0 spiro atoms. The SMILES string of the molecule is CN1CCNC(c2ccc3nc(N)sc3c2)(C(F)(F)F)C1=O. The van der Waals surface area contributed by atoms with Gasteiger partial charge in [0.15, 0.2) is 5.13 Å². The largest absolute Gasteiger partial charge is 0.419 e. The van der Waals surface area contributed by atoms with Crippen LogP contribution < -0.4 is 11.1 Å². The first-order valence-electron chi connectivity index (χ1n) is 6.49. The van der Waals surface area contributed by atoms with Crippen molar-refractivity contribution in [3.8, 4) is 0 Å². The second-order valence-corrected chi connectivity index (χ2v) is 6.20. The van der Waals surface area contributed by atoms with Crippen LogP contribution in [0.3, 0.4) is 0 Å². The molecule has 118 valence electrons. The van der Waals surface area contributed by atoms with Gasteiger partial charge in [-0.3, -0.25) is 10.1 Å². The molecule has 3 rings (SSSR count).